The number of carbonyl (C=O) groups is 1. The Kier molecular flexibility index (Phi) is 7.32. The summed E-state index contributed by atoms with van der Waals surface area (Å²) in [4.78, 5) is 12.3. The van der Waals surface area contributed by atoms with Crippen molar-refractivity contribution in [2.75, 3.05) is 0 Å². The number of carbonyl (C=O) groups excluding carboxylic acids is 1. The number of ether oxygens (including phenoxy) is 1. The Balaban J connectivity index is 2.06. The summed E-state index contributed by atoms with van der Waals surface area (Å²) >= 11 is 0. The maximum Gasteiger partial charge on any atom is 0.387 e. The van der Waals surface area contributed by atoms with Crippen molar-refractivity contribution < 1.29 is 26.7 Å². The molecule has 1 amide bonds. The van der Waals surface area contributed by atoms with Crippen molar-refractivity contribution in [1.29, 1.82) is 0 Å². The van der Waals surface area contributed by atoms with Gasteiger partial charge in [-0.05, 0) is 50.1 Å². The summed E-state index contributed by atoms with van der Waals surface area (Å²) in [5.74, 6) is -0.412. The van der Waals surface area contributed by atoms with Crippen molar-refractivity contribution in [3.8, 4) is 5.75 Å². The molecule has 2 aromatic rings. The van der Waals surface area contributed by atoms with Crippen molar-refractivity contribution >= 4 is 15.9 Å². The van der Waals surface area contributed by atoms with Crippen LogP contribution >= 0.6 is 0 Å². The van der Waals surface area contributed by atoms with E-state index in [1.165, 1.54) is 24.3 Å². The van der Waals surface area contributed by atoms with Gasteiger partial charge < -0.3 is 10.1 Å². The summed E-state index contributed by atoms with van der Waals surface area (Å²) < 4.78 is 56.8. The van der Waals surface area contributed by atoms with Crippen LogP contribution in [-0.4, -0.2) is 26.5 Å². The molecule has 9 heteroatoms. The summed E-state index contributed by atoms with van der Waals surface area (Å²) in [6.07, 6.45) is -0.0599. The topological polar surface area (TPSA) is 84.5 Å². The minimum Gasteiger partial charge on any atom is -0.435 e. The molecule has 0 saturated heterocycles. The molecule has 2 aromatic carbocycles. The second kappa shape index (κ2) is 9.32. The molecule has 0 aliphatic carbocycles. The number of nitrogens with one attached hydrogen (secondary N) is 2. The zero-order chi connectivity index (χ0) is 21.7. The van der Waals surface area contributed by atoms with E-state index in [0.29, 0.717) is 11.1 Å². The minimum atomic E-state index is -3.76. The van der Waals surface area contributed by atoms with Gasteiger partial charge in [0.25, 0.3) is 0 Å². The van der Waals surface area contributed by atoms with Crippen LogP contribution in [0.3, 0.4) is 0 Å². The lowest BCUT2D eigenvalue weighted by Gasteiger charge is -2.21. The molecule has 0 bridgehead atoms. The number of amides is 1. The average Bonchev–Trinajstić information content (AvgIpc) is 2.58. The van der Waals surface area contributed by atoms with Crippen molar-refractivity contribution in [3.63, 3.8) is 0 Å². The summed E-state index contributed by atoms with van der Waals surface area (Å²) in [6.45, 7) is 2.27. The van der Waals surface area contributed by atoms with Gasteiger partial charge in [-0.3, -0.25) is 4.79 Å². The van der Waals surface area contributed by atoms with Crippen LogP contribution in [0.1, 0.15) is 31.9 Å². The van der Waals surface area contributed by atoms with Crippen LogP contribution in [0.2, 0.25) is 0 Å². The van der Waals surface area contributed by atoms with Gasteiger partial charge in [-0.2, -0.15) is 8.78 Å². The Labute approximate surface area is 169 Å². The van der Waals surface area contributed by atoms with E-state index in [-0.39, 0.29) is 29.5 Å². The van der Waals surface area contributed by atoms with Crippen LogP contribution in [0, 0.1) is 0 Å². The highest BCUT2D eigenvalue weighted by molar-refractivity contribution is 7.89. The van der Waals surface area contributed by atoms with Crippen LogP contribution in [0.15, 0.2) is 53.4 Å². The molecule has 0 aliphatic heterocycles. The summed E-state index contributed by atoms with van der Waals surface area (Å²) in [7, 11) is -3.76. The van der Waals surface area contributed by atoms with E-state index in [2.05, 4.69) is 14.8 Å². The first-order chi connectivity index (χ1) is 13.5. The fourth-order valence-electron chi connectivity index (χ4n) is 2.64. The number of halogens is 2. The SMILES string of the molecule is CC(C)(C)NS(=O)(=O)c1ccccc1CNC(=O)Cc1cccc(OC(F)F)c1. The molecule has 0 saturated carbocycles. The quantitative estimate of drug-likeness (QED) is 0.679. The number of alkyl halides is 2. The second-order valence-corrected chi connectivity index (χ2v) is 9.09. The predicted octanol–water partition coefficient (Wildman–Crippen LogP) is 3.22. The maximum absolute atomic E-state index is 12.6. The van der Waals surface area contributed by atoms with Gasteiger partial charge >= 0.3 is 6.61 Å². The van der Waals surface area contributed by atoms with E-state index in [1.807, 2.05) is 0 Å². The molecule has 0 heterocycles. The van der Waals surface area contributed by atoms with Crippen LogP contribution in [-0.2, 0) is 27.8 Å². The molecule has 0 aromatic heterocycles. The summed E-state index contributed by atoms with van der Waals surface area (Å²) in [6, 6.07) is 12.2. The molecule has 0 aliphatic rings. The van der Waals surface area contributed by atoms with Crippen LogP contribution in [0.4, 0.5) is 8.78 Å². The van der Waals surface area contributed by atoms with E-state index in [9.17, 15) is 22.0 Å². The zero-order valence-electron chi connectivity index (χ0n) is 16.4. The molecule has 0 radical (unpaired) electrons. The molecule has 29 heavy (non-hydrogen) atoms. The Hall–Kier alpha value is -2.52. The highest BCUT2D eigenvalue weighted by atomic mass is 32.2. The lowest BCUT2D eigenvalue weighted by Crippen LogP contribution is -2.41. The Morgan fingerprint density at radius 1 is 1.10 bits per heavy atom. The minimum absolute atomic E-state index is 0.00723. The van der Waals surface area contributed by atoms with Gasteiger partial charge in [-0.1, -0.05) is 30.3 Å². The largest absolute Gasteiger partial charge is 0.435 e. The molecule has 0 fully saturated rings. The van der Waals surface area contributed by atoms with Crippen molar-refractivity contribution in [2.45, 2.75) is 50.8 Å². The van der Waals surface area contributed by atoms with Crippen LogP contribution < -0.4 is 14.8 Å². The van der Waals surface area contributed by atoms with Crippen molar-refractivity contribution in [3.05, 3.63) is 59.7 Å². The lowest BCUT2D eigenvalue weighted by molar-refractivity contribution is -0.120. The third-order valence-electron chi connectivity index (χ3n) is 3.67. The average molecular weight is 426 g/mol. The monoisotopic (exact) mass is 426 g/mol. The van der Waals surface area contributed by atoms with Crippen molar-refractivity contribution in [1.82, 2.24) is 10.0 Å². The van der Waals surface area contributed by atoms with E-state index in [4.69, 9.17) is 0 Å². The first-order valence-corrected chi connectivity index (χ1v) is 10.4. The summed E-state index contributed by atoms with van der Waals surface area (Å²) in [5.41, 5.74) is 0.281. The van der Waals surface area contributed by atoms with Gasteiger partial charge in [0.1, 0.15) is 5.75 Å². The predicted molar refractivity (Wildman–Crippen MR) is 105 cm³/mol. The zero-order valence-corrected chi connectivity index (χ0v) is 17.2. The van der Waals surface area contributed by atoms with Gasteiger partial charge in [0.05, 0.1) is 11.3 Å². The number of rotatable bonds is 8. The standard InChI is InChI=1S/C20H24F2N2O4S/c1-20(2,3)24-29(26,27)17-10-5-4-8-15(17)13-23-18(25)12-14-7-6-9-16(11-14)28-19(21)22/h4-11,19,24H,12-13H2,1-3H3,(H,23,25). The van der Waals surface area contributed by atoms with E-state index in [1.54, 1.807) is 45.0 Å². The Bertz CT molecular complexity index is 957. The van der Waals surface area contributed by atoms with Crippen molar-refractivity contribution in [2.24, 2.45) is 0 Å². The normalized spacial score (nSPS) is 12.1. The third-order valence-corrected chi connectivity index (χ3v) is 5.53. The van der Waals surface area contributed by atoms with Gasteiger partial charge in [-0.25, -0.2) is 13.1 Å². The molecule has 0 atom stereocenters. The number of hydrogen-bond donors (Lipinski definition) is 2. The number of sulfonamides is 1. The van der Waals surface area contributed by atoms with Gasteiger partial charge in [0.15, 0.2) is 0 Å². The molecular formula is C20H24F2N2O4S. The van der Waals surface area contributed by atoms with Gasteiger partial charge in [0, 0.05) is 12.1 Å². The van der Waals surface area contributed by atoms with E-state index < -0.39 is 22.2 Å². The Morgan fingerprint density at radius 3 is 2.45 bits per heavy atom. The van der Waals surface area contributed by atoms with E-state index >= 15 is 0 Å². The first-order valence-electron chi connectivity index (χ1n) is 8.88. The molecule has 2 N–H and O–H groups in total. The molecule has 0 unspecified atom stereocenters. The number of benzene rings is 2. The molecule has 2 rings (SSSR count). The lowest BCUT2D eigenvalue weighted by atomic mass is 10.1. The molecule has 0 spiro atoms. The first kappa shape index (κ1) is 22.8. The highest BCUT2D eigenvalue weighted by Crippen LogP contribution is 2.19. The van der Waals surface area contributed by atoms with Crippen LogP contribution in [0.25, 0.3) is 0 Å². The third kappa shape index (κ3) is 7.43. The second-order valence-electron chi connectivity index (χ2n) is 7.44. The summed E-state index contributed by atoms with van der Waals surface area (Å²) in [5, 5.41) is 2.66. The fourth-order valence-corrected chi connectivity index (χ4v) is 4.30. The van der Waals surface area contributed by atoms with Gasteiger partial charge in [-0.15, -0.1) is 0 Å². The highest BCUT2D eigenvalue weighted by Gasteiger charge is 2.24. The fraction of sp³-hybridized carbons (Fsp3) is 0.350. The molecule has 158 valence electrons. The number of hydrogen-bond acceptors (Lipinski definition) is 4. The smallest absolute Gasteiger partial charge is 0.387 e. The maximum atomic E-state index is 12.6. The van der Waals surface area contributed by atoms with E-state index in [0.717, 1.165) is 0 Å². The molecular weight excluding hydrogens is 402 g/mol. The van der Waals surface area contributed by atoms with Crippen LogP contribution in [0.5, 0.6) is 5.75 Å². The van der Waals surface area contributed by atoms with Gasteiger partial charge in [0.2, 0.25) is 15.9 Å². The Morgan fingerprint density at radius 2 is 1.79 bits per heavy atom. The molecule has 6 nitrogen and oxygen atoms in total.